The smallest absolute Gasteiger partial charge is 0.432 e. The van der Waals surface area contributed by atoms with Gasteiger partial charge in [0.15, 0.2) is 0 Å². The van der Waals surface area contributed by atoms with Crippen molar-refractivity contribution in [1.82, 2.24) is 0 Å². The van der Waals surface area contributed by atoms with E-state index in [1.165, 1.54) is 43.0 Å². The molecule has 0 N–H and O–H groups in total. The molecule has 7 heteroatoms. The van der Waals surface area contributed by atoms with Crippen LogP contribution in [0, 0.1) is 6.92 Å². The maximum Gasteiger partial charge on any atom is 0.432 e. The van der Waals surface area contributed by atoms with Gasteiger partial charge in [0.25, 0.3) is 5.60 Å². The molecule has 180 valence electrons. The van der Waals surface area contributed by atoms with E-state index in [9.17, 15) is 18.0 Å². The summed E-state index contributed by atoms with van der Waals surface area (Å²) in [6.07, 6.45) is -1.46. The first-order valence-corrected chi connectivity index (χ1v) is 10.7. The Labute approximate surface area is 193 Å². The second kappa shape index (κ2) is 10.9. The van der Waals surface area contributed by atoms with Crippen molar-refractivity contribution < 1.29 is 32.2 Å². The molecule has 0 radical (unpaired) electrons. The minimum Gasteiger partial charge on any atom is -0.496 e. The van der Waals surface area contributed by atoms with Crippen LogP contribution in [0.3, 0.4) is 0 Å². The van der Waals surface area contributed by atoms with Crippen LogP contribution in [0.1, 0.15) is 56.2 Å². The van der Waals surface area contributed by atoms with Gasteiger partial charge in [-0.25, -0.2) is 4.79 Å². The third-order valence-electron chi connectivity index (χ3n) is 5.59. The highest BCUT2D eigenvalue weighted by molar-refractivity contribution is 5.85. The van der Waals surface area contributed by atoms with Crippen LogP contribution in [-0.2, 0) is 15.1 Å². The summed E-state index contributed by atoms with van der Waals surface area (Å²) in [5.41, 5.74) is -1.21. The molecule has 0 saturated heterocycles. The third kappa shape index (κ3) is 5.77. The maximum atomic E-state index is 14.3. The number of ether oxygens (including phenoxy) is 3. The number of alkyl halides is 3. The minimum absolute atomic E-state index is 0.0598. The maximum absolute atomic E-state index is 14.3. The van der Waals surface area contributed by atoms with Crippen molar-refractivity contribution in [2.75, 3.05) is 14.2 Å². The number of methoxy groups -OCH3 is 2. The average molecular weight is 465 g/mol. The lowest BCUT2D eigenvalue weighted by Gasteiger charge is -2.32. The summed E-state index contributed by atoms with van der Waals surface area (Å²) in [5, 5.41) is 0. The van der Waals surface area contributed by atoms with Crippen LogP contribution < -0.4 is 9.47 Å². The van der Waals surface area contributed by atoms with Crippen molar-refractivity contribution in [3.8, 4) is 11.5 Å². The summed E-state index contributed by atoms with van der Waals surface area (Å²) in [6, 6.07) is 10.0. The first kappa shape index (κ1) is 26.5. The fraction of sp³-hybridized carbons (Fsp3) is 0.423. The van der Waals surface area contributed by atoms with Gasteiger partial charge in [-0.05, 0) is 57.2 Å². The highest BCUT2D eigenvalue weighted by Gasteiger charge is 2.64. The van der Waals surface area contributed by atoms with Gasteiger partial charge in [-0.3, -0.25) is 0 Å². The Balaban J connectivity index is 2.53. The molecule has 33 heavy (non-hydrogen) atoms. The lowest BCUT2D eigenvalue weighted by molar-refractivity contribution is -0.272. The second-order valence-electron chi connectivity index (χ2n) is 8.26. The first-order valence-electron chi connectivity index (χ1n) is 10.7. The lowest BCUT2D eigenvalue weighted by atomic mass is 9.91. The van der Waals surface area contributed by atoms with E-state index in [2.05, 4.69) is 6.08 Å². The molecule has 0 bridgehead atoms. The Kier molecular flexibility index (Phi) is 8.72. The van der Waals surface area contributed by atoms with Crippen LogP contribution in [-0.4, -0.2) is 26.4 Å². The zero-order valence-corrected chi connectivity index (χ0v) is 19.9. The molecule has 0 saturated carbocycles. The van der Waals surface area contributed by atoms with Crippen LogP contribution in [0.2, 0.25) is 0 Å². The summed E-state index contributed by atoms with van der Waals surface area (Å²) in [4.78, 5) is 13.1. The van der Waals surface area contributed by atoms with Gasteiger partial charge < -0.3 is 14.2 Å². The number of hydrogen-bond acceptors (Lipinski definition) is 4. The van der Waals surface area contributed by atoms with Gasteiger partial charge in [-0.2, -0.15) is 13.2 Å². The van der Waals surface area contributed by atoms with Crippen molar-refractivity contribution >= 4 is 5.97 Å². The van der Waals surface area contributed by atoms with Gasteiger partial charge in [0.05, 0.1) is 7.11 Å². The van der Waals surface area contributed by atoms with Gasteiger partial charge >= 0.3 is 12.1 Å². The van der Waals surface area contributed by atoms with Crippen LogP contribution in [0.4, 0.5) is 13.2 Å². The fourth-order valence-corrected chi connectivity index (χ4v) is 3.71. The largest absolute Gasteiger partial charge is 0.496 e. The zero-order chi connectivity index (χ0) is 24.8. The molecule has 0 unspecified atom stereocenters. The minimum atomic E-state index is -5.04. The first-order chi connectivity index (χ1) is 15.5. The monoisotopic (exact) mass is 464 g/mol. The van der Waals surface area contributed by atoms with Gasteiger partial charge in [0, 0.05) is 18.2 Å². The Bertz CT molecular complexity index is 979. The molecule has 0 aliphatic carbocycles. The zero-order valence-electron chi connectivity index (χ0n) is 19.9. The topological polar surface area (TPSA) is 44.8 Å². The van der Waals surface area contributed by atoms with Crippen LogP contribution in [0.15, 0.2) is 54.1 Å². The van der Waals surface area contributed by atoms with Gasteiger partial charge in [-0.15, -0.1) is 0 Å². The van der Waals surface area contributed by atoms with Crippen LogP contribution in [0.25, 0.3) is 0 Å². The van der Waals surface area contributed by atoms with Crippen molar-refractivity contribution in [1.29, 1.82) is 0 Å². The van der Waals surface area contributed by atoms with Gasteiger partial charge in [0.1, 0.15) is 11.5 Å². The number of hydrogen-bond donors (Lipinski definition) is 0. The Hall–Kier alpha value is -2.80. The average Bonchev–Trinajstić information content (AvgIpc) is 2.74. The molecule has 0 aliphatic heterocycles. The molecule has 0 fully saturated rings. The summed E-state index contributed by atoms with van der Waals surface area (Å²) in [6.45, 7) is 7.67. The Morgan fingerprint density at radius 1 is 1.06 bits per heavy atom. The fourth-order valence-electron chi connectivity index (χ4n) is 3.71. The molecule has 0 aliphatic rings. The molecule has 2 aromatic carbocycles. The van der Waals surface area contributed by atoms with E-state index < -0.39 is 17.7 Å². The van der Waals surface area contributed by atoms with Crippen molar-refractivity contribution in [2.45, 2.75) is 58.2 Å². The quantitative estimate of drug-likeness (QED) is 0.231. The SMILES string of the molecule is COc1cc([C@H](C)CCC=C(C)C)c(OC(=O)[C@@](OC)(c2ccccc2)C(F)(F)F)cc1C. The van der Waals surface area contributed by atoms with E-state index in [0.29, 0.717) is 16.9 Å². The second-order valence-corrected chi connectivity index (χ2v) is 8.26. The van der Waals surface area contributed by atoms with E-state index in [1.54, 1.807) is 19.1 Å². The third-order valence-corrected chi connectivity index (χ3v) is 5.59. The number of carbonyl (C=O) groups is 1. The summed E-state index contributed by atoms with van der Waals surface area (Å²) in [5.74, 6) is -1.02. The van der Waals surface area contributed by atoms with E-state index in [1.807, 2.05) is 20.8 Å². The molecule has 0 amide bonds. The number of halogens is 3. The van der Waals surface area contributed by atoms with Crippen LogP contribution in [0.5, 0.6) is 11.5 Å². The summed E-state index contributed by atoms with van der Waals surface area (Å²) in [7, 11) is 2.37. The standard InChI is InChI=1S/C26H31F3O4/c1-17(2)11-10-12-18(3)21-16-22(31-5)19(4)15-23(21)33-24(30)25(32-6,26(27,28)29)20-13-8-7-9-14-20/h7-9,11,13-16,18H,10,12H2,1-6H3/t18-,25+/m1/s1. The molecule has 0 aromatic heterocycles. The number of aryl methyl sites for hydroxylation is 1. The Morgan fingerprint density at radius 2 is 1.70 bits per heavy atom. The highest BCUT2D eigenvalue weighted by Crippen LogP contribution is 2.44. The molecule has 0 heterocycles. The molecule has 0 spiro atoms. The summed E-state index contributed by atoms with van der Waals surface area (Å²) >= 11 is 0. The molecular weight excluding hydrogens is 433 g/mol. The number of esters is 1. The van der Waals surface area contributed by atoms with E-state index in [4.69, 9.17) is 14.2 Å². The lowest BCUT2D eigenvalue weighted by Crippen LogP contribution is -2.52. The van der Waals surface area contributed by atoms with E-state index in [0.717, 1.165) is 20.0 Å². The van der Waals surface area contributed by atoms with E-state index in [-0.39, 0.29) is 17.2 Å². The molecular formula is C26H31F3O4. The van der Waals surface area contributed by atoms with Crippen molar-refractivity contribution in [2.24, 2.45) is 0 Å². The predicted octanol–water partition coefficient (Wildman–Crippen LogP) is 6.86. The number of benzene rings is 2. The summed E-state index contributed by atoms with van der Waals surface area (Å²) < 4.78 is 58.5. The van der Waals surface area contributed by atoms with E-state index >= 15 is 0 Å². The Morgan fingerprint density at radius 3 is 2.21 bits per heavy atom. The van der Waals surface area contributed by atoms with Gasteiger partial charge in [0.2, 0.25) is 0 Å². The highest BCUT2D eigenvalue weighted by atomic mass is 19.4. The number of allylic oxidation sites excluding steroid dienone is 2. The molecule has 2 atom stereocenters. The van der Waals surface area contributed by atoms with Crippen molar-refractivity contribution in [3.63, 3.8) is 0 Å². The van der Waals surface area contributed by atoms with Crippen LogP contribution >= 0.6 is 0 Å². The molecule has 2 rings (SSSR count). The molecule has 4 nitrogen and oxygen atoms in total. The number of rotatable bonds is 9. The predicted molar refractivity (Wildman–Crippen MR) is 122 cm³/mol. The molecule has 2 aromatic rings. The van der Waals surface area contributed by atoms with Crippen molar-refractivity contribution in [3.05, 3.63) is 70.8 Å². The normalized spacial score (nSPS) is 14.2. The van der Waals surface area contributed by atoms with Gasteiger partial charge in [-0.1, -0.05) is 48.9 Å². The number of carbonyl (C=O) groups excluding carboxylic acids is 1.